The van der Waals surface area contributed by atoms with Gasteiger partial charge in [0.1, 0.15) is 0 Å². The van der Waals surface area contributed by atoms with Gasteiger partial charge in [-0.05, 0) is 25.3 Å². The standard InChI is InChI=1S/C17H19N3O2/c1-11-3-2-4-12(7-11)9-20-10-14(8-15(20)21)17-18-16(19-22-17)13-5-6-13/h2-4,7,13-14H,5-6,8-10H2,1H3. The average molecular weight is 297 g/mol. The van der Waals surface area contributed by atoms with Crippen LogP contribution in [0, 0.1) is 6.92 Å². The van der Waals surface area contributed by atoms with Crippen LogP contribution in [0.3, 0.4) is 0 Å². The molecule has 114 valence electrons. The van der Waals surface area contributed by atoms with E-state index in [4.69, 9.17) is 4.52 Å². The normalized spacial score (nSPS) is 21.6. The Hall–Kier alpha value is -2.17. The van der Waals surface area contributed by atoms with Gasteiger partial charge >= 0.3 is 0 Å². The van der Waals surface area contributed by atoms with Crippen molar-refractivity contribution in [2.45, 2.75) is 44.6 Å². The lowest BCUT2D eigenvalue weighted by atomic mass is 10.1. The molecule has 1 aromatic heterocycles. The van der Waals surface area contributed by atoms with Crippen LogP contribution in [-0.2, 0) is 11.3 Å². The molecular formula is C17H19N3O2. The molecule has 1 aliphatic heterocycles. The van der Waals surface area contributed by atoms with Crippen LogP contribution in [0.2, 0.25) is 0 Å². The van der Waals surface area contributed by atoms with Gasteiger partial charge in [0.2, 0.25) is 11.8 Å². The van der Waals surface area contributed by atoms with E-state index in [1.54, 1.807) is 0 Å². The minimum atomic E-state index is 0.0392. The van der Waals surface area contributed by atoms with Crippen molar-refractivity contribution in [3.05, 3.63) is 47.1 Å². The van der Waals surface area contributed by atoms with Crippen LogP contribution in [0.5, 0.6) is 0 Å². The van der Waals surface area contributed by atoms with E-state index in [1.165, 1.54) is 5.56 Å². The number of carbonyl (C=O) groups excluding carboxylic acids is 1. The summed E-state index contributed by atoms with van der Waals surface area (Å²) in [4.78, 5) is 18.6. The zero-order valence-corrected chi connectivity index (χ0v) is 12.7. The van der Waals surface area contributed by atoms with Crippen molar-refractivity contribution in [2.75, 3.05) is 6.54 Å². The number of likely N-dealkylation sites (tertiary alicyclic amines) is 1. The molecule has 1 saturated carbocycles. The molecule has 2 fully saturated rings. The molecule has 0 N–H and O–H groups in total. The number of hydrogen-bond donors (Lipinski definition) is 0. The molecule has 0 spiro atoms. The molecule has 1 unspecified atom stereocenters. The van der Waals surface area contributed by atoms with E-state index in [1.807, 2.05) is 11.0 Å². The van der Waals surface area contributed by atoms with E-state index in [2.05, 4.69) is 35.3 Å². The summed E-state index contributed by atoms with van der Waals surface area (Å²) >= 11 is 0. The van der Waals surface area contributed by atoms with Crippen LogP contribution >= 0.6 is 0 Å². The number of amides is 1. The van der Waals surface area contributed by atoms with Gasteiger partial charge < -0.3 is 9.42 Å². The van der Waals surface area contributed by atoms with Gasteiger partial charge in [-0.25, -0.2) is 0 Å². The van der Waals surface area contributed by atoms with Crippen molar-refractivity contribution in [1.29, 1.82) is 0 Å². The third-order valence-electron chi connectivity index (χ3n) is 4.42. The summed E-state index contributed by atoms with van der Waals surface area (Å²) in [7, 11) is 0. The zero-order valence-electron chi connectivity index (χ0n) is 12.7. The summed E-state index contributed by atoms with van der Waals surface area (Å²) in [5.74, 6) is 2.13. The lowest BCUT2D eigenvalue weighted by Gasteiger charge is -2.16. The van der Waals surface area contributed by atoms with Crippen LogP contribution in [-0.4, -0.2) is 27.5 Å². The fraction of sp³-hybridized carbons (Fsp3) is 0.471. The van der Waals surface area contributed by atoms with Crippen molar-refractivity contribution in [1.82, 2.24) is 15.0 Å². The van der Waals surface area contributed by atoms with Crippen LogP contribution in [0.15, 0.2) is 28.8 Å². The first-order valence-electron chi connectivity index (χ1n) is 7.86. The smallest absolute Gasteiger partial charge is 0.232 e. The molecule has 2 heterocycles. The lowest BCUT2D eigenvalue weighted by Crippen LogP contribution is -2.24. The molecule has 1 amide bonds. The zero-order chi connectivity index (χ0) is 15.1. The van der Waals surface area contributed by atoms with E-state index in [9.17, 15) is 4.79 Å². The molecule has 0 bridgehead atoms. The number of carbonyl (C=O) groups is 1. The maximum absolute atomic E-state index is 12.2. The van der Waals surface area contributed by atoms with Gasteiger partial charge in [-0.1, -0.05) is 35.0 Å². The molecule has 22 heavy (non-hydrogen) atoms. The third kappa shape index (κ3) is 2.63. The first-order valence-corrected chi connectivity index (χ1v) is 7.86. The number of hydrogen-bond acceptors (Lipinski definition) is 4. The Morgan fingerprint density at radius 3 is 2.95 bits per heavy atom. The van der Waals surface area contributed by atoms with Gasteiger partial charge in [0.25, 0.3) is 0 Å². The molecule has 1 atom stereocenters. The fourth-order valence-electron chi connectivity index (χ4n) is 3.04. The van der Waals surface area contributed by atoms with Crippen molar-refractivity contribution >= 4 is 5.91 Å². The summed E-state index contributed by atoms with van der Waals surface area (Å²) in [6.45, 7) is 3.38. The van der Waals surface area contributed by atoms with Gasteiger partial charge in [0.05, 0.1) is 5.92 Å². The van der Waals surface area contributed by atoms with Crippen molar-refractivity contribution < 1.29 is 9.32 Å². The van der Waals surface area contributed by atoms with Crippen molar-refractivity contribution in [3.63, 3.8) is 0 Å². The Labute approximate surface area is 129 Å². The predicted molar refractivity (Wildman–Crippen MR) is 80.2 cm³/mol. The maximum Gasteiger partial charge on any atom is 0.232 e. The monoisotopic (exact) mass is 297 g/mol. The summed E-state index contributed by atoms with van der Waals surface area (Å²) in [6, 6.07) is 8.28. The summed E-state index contributed by atoms with van der Waals surface area (Å²) in [5, 5.41) is 4.05. The Kier molecular flexibility index (Phi) is 3.21. The van der Waals surface area contributed by atoms with Crippen LogP contribution < -0.4 is 0 Å². The quantitative estimate of drug-likeness (QED) is 0.870. The van der Waals surface area contributed by atoms with Gasteiger partial charge in [-0.2, -0.15) is 4.98 Å². The molecule has 4 rings (SSSR count). The highest BCUT2D eigenvalue weighted by atomic mass is 16.5. The van der Waals surface area contributed by atoms with Crippen LogP contribution in [0.1, 0.15) is 53.9 Å². The van der Waals surface area contributed by atoms with Gasteiger partial charge in [0.15, 0.2) is 5.82 Å². The Bertz CT molecular complexity index is 705. The second-order valence-corrected chi connectivity index (χ2v) is 6.43. The number of rotatable bonds is 4. The van der Waals surface area contributed by atoms with Gasteiger partial charge in [-0.3, -0.25) is 4.79 Å². The Morgan fingerprint density at radius 2 is 2.18 bits per heavy atom. The predicted octanol–water partition coefficient (Wildman–Crippen LogP) is 2.77. The highest BCUT2D eigenvalue weighted by molar-refractivity contribution is 5.79. The number of aromatic nitrogens is 2. The summed E-state index contributed by atoms with van der Waals surface area (Å²) in [5.41, 5.74) is 2.38. The maximum atomic E-state index is 12.2. The van der Waals surface area contributed by atoms with Crippen LogP contribution in [0.25, 0.3) is 0 Å². The largest absolute Gasteiger partial charge is 0.339 e. The number of aryl methyl sites for hydroxylation is 1. The minimum absolute atomic E-state index is 0.0392. The molecule has 1 saturated heterocycles. The molecular weight excluding hydrogens is 278 g/mol. The van der Waals surface area contributed by atoms with E-state index in [-0.39, 0.29) is 11.8 Å². The highest BCUT2D eigenvalue weighted by Crippen LogP contribution is 2.39. The van der Waals surface area contributed by atoms with Crippen LogP contribution in [0.4, 0.5) is 0 Å². The SMILES string of the molecule is Cc1cccc(CN2CC(c3nc(C4CC4)no3)CC2=O)c1. The van der Waals surface area contributed by atoms with Gasteiger partial charge in [-0.15, -0.1) is 0 Å². The van der Waals surface area contributed by atoms with Gasteiger partial charge in [0, 0.05) is 25.4 Å². The van der Waals surface area contributed by atoms with E-state index < -0.39 is 0 Å². The molecule has 5 nitrogen and oxygen atoms in total. The molecule has 1 aliphatic carbocycles. The molecule has 5 heteroatoms. The second-order valence-electron chi connectivity index (χ2n) is 6.43. The second kappa shape index (κ2) is 5.23. The topological polar surface area (TPSA) is 59.2 Å². The molecule has 2 aromatic rings. The minimum Gasteiger partial charge on any atom is -0.339 e. The van der Waals surface area contributed by atoms with Crippen molar-refractivity contribution in [3.8, 4) is 0 Å². The van der Waals surface area contributed by atoms with E-state index in [0.29, 0.717) is 31.3 Å². The number of nitrogens with zero attached hydrogens (tertiary/aromatic N) is 3. The average Bonchev–Trinajstić information content (AvgIpc) is 3.11. The number of benzene rings is 1. The molecule has 0 radical (unpaired) electrons. The highest BCUT2D eigenvalue weighted by Gasteiger charge is 2.36. The molecule has 2 aliphatic rings. The molecule has 1 aromatic carbocycles. The van der Waals surface area contributed by atoms with E-state index >= 15 is 0 Å². The lowest BCUT2D eigenvalue weighted by molar-refractivity contribution is -0.128. The summed E-state index contributed by atoms with van der Waals surface area (Å²) < 4.78 is 5.38. The first kappa shape index (κ1) is 13.5. The van der Waals surface area contributed by atoms with Crippen molar-refractivity contribution in [2.24, 2.45) is 0 Å². The summed E-state index contributed by atoms with van der Waals surface area (Å²) in [6.07, 6.45) is 2.78. The van der Waals surface area contributed by atoms with E-state index in [0.717, 1.165) is 24.2 Å². The Balaban J connectivity index is 1.45. The Morgan fingerprint density at radius 1 is 1.32 bits per heavy atom. The fourth-order valence-corrected chi connectivity index (χ4v) is 3.04. The third-order valence-corrected chi connectivity index (χ3v) is 4.42. The first-order chi connectivity index (χ1) is 10.7.